The Hall–Kier alpha value is -3.17. The summed E-state index contributed by atoms with van der Waals surface area (Å²) in [5, 5.41) is 21.7. The maximum absolute atomic E-state index is 12.0. The number of aliphatic hydroxyl groups excluding tert-OH is 2. The van der Waals surface area contributed by atoms with Crippen LogP contribution in [0.3, 0.4) is 0 Å². The Balaban J connectivity index is 1.90. The van der Waals surface area contributed by atoms with Gasteiger partial charge in [0.1, 0.15) is 23.7 Å². The van der Waals surface area contributed by atoms with Gasteiger partial charge in [0.05, 0.1) is 31.6 Å². The number of aliphatic hydroxyl groups is 2. The van der Waals surface area contributed by atoms with Crippen molar-refractivity contribution in [2.75, 3.05) is 14.2 Å². The van der Waals surface area contributed by atoms with Crippen molar-refractivity contribution in [1.29, 1.82) is 0 Å². The first kappa shape index (κ1) is 18.6. The standard InChI is InChI=1S/C18H20N4O5/c1-19-18(25)13-4-3-5-22-7-12(20-17(13)22)10-27-16-11(8-23)6-15(26-2)21-14(16)9-24/h3-7,23-24H,8-10H2,1-2H3,(H,19,25). The third-order valence-corrected chi connectivity index (χ3v) is 3.99. The number of imidazole rings is 1. The molecule has 0 saturated heterocycles. The summed E-state index contributed by atoms with van der Waals surface area (Å²) in [4.78, 5) is 20.6. The van der Waals surface area contributed by atoms with E-state index in [1.54, 1.807) is 42.0 Å². The van der Waals surface area contributed by atoms with Crippen LogP contribution in [-0.2, 0) is 19.8 Å². The first-order valence-electron chi connectivity index (χ1n) is 8.21. The van der Waals surface area contributed by atoms with Crippen molar-refractivity contribution in [2.24, 2.45) is 0 Å². The predicted octanol–water partition coefficient (Wildman–Crippen LogP) is 0.661. The number of rotatable bonds is 7. The third kappa shape index (κ3) is 3.69. The molecule has 0 spiro atoms. The van der Waals surface area contributed by atoms with Gasteiger partial charge in [0.2, 0.25) is 5.88 Å². The van der Waals surface area contributed by atoms with Gasteiger partial charge < -0.3 is 29.4 Å². The number of pyridine rings is 2. The summed E-state index contributed by atoms with van der Waals surface area (Å²) in [6.07, 6.45) is 3.53. The Morgan fingerprint density at radius 3 is 2.78 bits per heavy atom. The van der Waals surface area contributed by atoms with Crippen molar-refractivity contribution < 1.29 is 24.5 Å². The summed E-state index contributed by atoms with van der Waals surface area (Å²) in [6, 6.07) is 4.99. The molecular weight excluding hydrogens is 352 g/mol. The number of methoxy groups -OCH3 is 1. The lowest BCUT2D eigenvalue weighted by atomic mass is 10.2. The van der Waals surface area contributed by atoms with E-state index >= 15 is 0 Å². The minimum absolute atomic E-state index is 0.0723. The summed E-state index contributed by atoms with van der Waals surface area (Å²) in [5.74, 6) is 0.325. The average molecular weight is 372 g/mol. The van der Waals surface area contributed by atoms with Crippen LogP contribution in [0.15, 0.2) is 30.6 Å². The van der Waals surface area contributed by atoms with Crippen LogP contribution in [0, 0.1) is 0 Å². The number of hydrogen-bond acceptors (Lipinski definition) is 7. The number of ether oxygens (including phenoxy) is 2. The lowest BCUT2D eigenvalue weighted by Crippen LogP contribution is -2.18. The molecule has 3 rings (SSSR count). The maximum atomic E-state index is 12.0. The number of carbonyl (C=O) groups excluding carboxylic acids is 1. The van der Waals surface area contributed by atoms with Gasteiger partial charge in [-0.25, -0.2) is 9.97 Å². The van der Waals surface area contributed by atoms with Gasteiger partial charge >= 0.3 is 0 Å². The molecule has 0 saturated carbocycles. The average Bonchev–Trinajstić information content (AvgIpc) is 3.13. The molecule has 3 aromatic heterocycles. The second-order valence-electron chi connectivity index (χ2n) is 5.67. The van der Waals surface area contributed by atoms with E-state index in [4.69, 9.17) is 9.47 Å². The summed E-state index contributed by atoms with van der Waals surface area (Å²) < 4.78 is 12.6. The fourth-order valence-electron chi connectivity index (χ4n) is 2.71. The van der Waals surface area contributed by atoms with Crippen molar-refractivity contribution in [1.82, 2.24) is 19.7 Å². The molecule has 0 aliphatic rings. The Labute approximate surface area is 155 Å². The number of nitrogens with one attached hydrogen (secondary N) is 1. The van der Waals surface area contributed by atoms with E-state index in [9.17, 15) is 15.0 Å². The van der Waals surface area contributed by atoms with E-state index in [2.05, 4.69) is 15.3 Å². The molecule has 9 heteroatoms. The lowest BCUT2D eigenvalue weighted by Gasteiger charge is -2.14. The molecule has 3 aromatic rings. The highest BCUT2D eigenvalue weighted by Gasteiger charge is 2.16. The van der Waals surface area contributed by atoms with E-state index in [0.29, 0.717) is 22.5 Å². The molecular formula is C18H20N4O5. The highest BCUT2D eigenvalue weighted by molar-refractivity contribution is 5.99. The van der Waals surface area contributed by atoms with Crippen LogP contribution in [0.25, 0.3) is 5.65 Å². The van der Waals surface area contributed by atoms with Crippen LogP contribution in [0.5, 0.6) is 11.6 Å². The molecule has 1 amide bonds. The van der Waals surface area contributed by atoms with E-state index in [1.165, 1.54) is 7.11 Å². The Morgan fingerprint density at radius 1 is 1.30 bits per heavy atom. The fourth-order valence-corrected chi connectivity index (χ4v) is 2.71. The Morgan fingerprint density at radius 2 is 2.11 bits per heavy atom. The molecule has 0 atom stereocenters. The molecule has 0 aliphatic heterocycles. The normalized spacial score (nSPS) is 10.8. The Bertz CT molecular complexity index is 945. The second kappa shape index (κ2) is 8.02. The molecule has 0 fully saturated rings. The van der Waals surface area contributed by atoms with Crippen LogP contribution < -0.4 is 14.8 Å². The summed E-state index contributed by atoms with van der Waals surface area (Å²) in [6.45, 7) is -0.596. The number of carbonyl (C=O) groups is 1. The van der Waals surface area contributed by atoms with Gasteiger partial charge in [-0.1, -0.05) is 0 Å². The smallest absolute Gasteiger partial charge is 0.254 e. The van der Waals surface area contributed by atoms with E-state index in [0.717, 1.165) is 0 Å². The molecule has 0 bridgehead atoms. The SMILES string of the molecule is CNC(=O)c1cccn2cc(COc3c(CO)cc(OC)nc3CO)nc12. The number of amides is 1. The summed E-state index contributed by atoms with van der Waals surface area (Å²) >= 11 is 0. The van der Waals surface area contributed by atoms with Gasteiger partial charge in [-0.3, -0.25) is 4.79 Å². The first-order valence-corrected chi connectivity index (χ1v) is 8.21. The molecule has 3 heterocycles. The molecule has 0 aromatic carbocycles. The number of nitrogens with zero attached hydrogens (tertiary/aromatic N) is 3. The molecule has 3 N–H and O–H groups in total. The van der Waals surface area contributed by atoms with E-state index in [1.807, 2.05) is 0 Å². The van der Waals surface area contributed by atoms with Crippen molar-refractivity contribution in [3.05, 3.63) is 53.1 Å². The largest absolute Gasteiger partial charge is 0.485 e. The second-order valence-corrected chi connectivity index (χ2v) is 5.67. The number of hydrogen-bond donors (Lipinski definition) is 3. The van der Waals surface area contributed by atoms with Crippen LogP contribution in [0.4, 0.5) is 0 Å². The van der Waals surface area contributed by atoms with Gasteiger partial charge in [0, 0.05) is 31.1 Å². The Kier molecular flexibility index (Phi) is 5.53. The number of aromatic nitrogens is 3. The zero-order chi connectivity index (χ0) is 19.4. The van der Waals surface area contributed by atoms with Gasteiger partial charge in [-0.2, -0.15) is 0 Å². The molecule has 142 valence electrons. The zero-order valence-electron chi connectivity index (χ0n) is 15.0. The van der Waals surface area contributed by atoms with Crippen LogP contribution in [-0.4, -0.2) is 44.6 Å². The molecule has 0 aliphatic carbocycles. The van der Waals surface area contributed by atoms with Crippen molar-refractivity contribution in [3.8, 4) is 11.6 Å². The fraction of sp³-hybridized carbons (Fsp3) is 0.278. The van der Waals surface area contributed by atoms with Crippen LogP contribution >= 0.6 is 0 Å². The van der Waals surface area contributed by atoms with Crippen molar-refractivity contribution >= 4 is 11.6 Å². The highest BCUT2D eigenvalue weighted by Crippen LogP contribution is 2.28. The topological polar surface area (TPSA) is 118 Å². The van der Waals surface area contributed by atoms with Crippen molar-refractivity contribution in [3.63, 3.8) is 0 Å². The minimum Gasteiger partial charge on any atom is -0.485 e. The van der Waals surface area contributed by atoms with Crippen LogP contribution in [0.1, 0.15) is 27.3 Å². The van der Waals surface area contributed by atoms with E-state index in [-0.39, 0.29) is 43.1 Å². The molecule has 0 unspecified atom stereocenters. The summed E-state index contributed by atoms with van der Waals surface area (Å²) in [7, 11) is 3.01. The third-order valence-electron chi connectivity index (χ3n) is 3.99. The lowest BCUT2D eigenvalue weighted by molar-refractivity contribution is 0.0964. The zero-order valence-corrected chi connectivity index (χ0v) is 15.0. The molecule has 9 nitrogen and oxygen atoms in total. The van der Waals surface area contributed by atoms with Gasteiger partial charge in [-0.05, 0) is 12.1 Å². The predicted molar refractivity (Wildman–Crippen MR) is 95.5 cm³/mol. The van der Waals surface area contributed by atoms with Gasteiger partial charge in [0.25, 0.3) is 5.91 Å². The van der Waals surface area contributed by atoms with Crippen LogP contribution in [0.2, 0.25) is 0 Å². The summed E-state index contributed by atoms with van der Waals surface area (Å²) in [5.41, 5.74) is 2.24. The quantitative estimate of drug-likeness (QED) is 0.557. The highest BCUT2D eigenvalue weighted by atomic mass is 16.5. The van der Waals surface area contributed by atoms with Gasteiger partial charge in [-0.15, -0.1) is 0 Å². The van der Waals surface area contributed by atoms with Crippen molar-refractivity contribution in [2.45, 2.75) is 19.8 Å². The molecule has 27 heavy (non-hydrogen) atoms. The first-order chi connectivity index (χ1) is 13.1. The molecule has 0 radical (unpaired) electrons. The van der Waals surface area contributed by atoms with E-state index < -0.39 is 0 Å². The number of fused-ring (bicyclic) bond motifs is 1. The maximum Gasteiger partial charge on any atom is 0.254 e. The van der Waals surface area contributed by atoms with Gasteiger partial charge in [0.15, 0.2) is 0 Å². The minimum atomic E-state index is -0.370. The monoisotopic (exact) mass is 372 g/mol.